The van der Waals surface area contributed by atoms with Crippen molar-refractivity contribution in [1.29, 1.82) is 0 Å². The molecule has 0 radical (unpaired) electrons. The van der Waals surface area contributed by atoms with E-state index in [1.165, 1.54) is 50.2 Å². The van der Waals surface area contributed by atoms with Crippen molar-refractivity contribution in [1.82, 2.24) is 9.97 Å². The maximum absolute atomic E-state index is 4.66. The van der Waals surface area contributed by atoms with Crippen LogP contribution in [0.1, 0.15) is 0 Å². The Balaban J connectivity index is 1.27. The van der Waals surface area contributed by atoms with Gasteiger partial charge in [0.05, 0.1) is 11.4 Å². The molecule has 36 heavy (non-hydrogen) atoms. The van der Waals surface area contributed by atoms with E-state index in [1.807, 2.05) is 35.1 Å². The quantitative estimate of drug-likeness (QED) is 0.177. The maximum atomic E-state index is 4.66. The van der Waals surface area contributed by atoms with Gasteiger partial charge < -0.3 is 0 Å². The van der Waals surface area contributed by atoms with Gasteiger partial charge in [-0.05, 0) is 84.3 Å². The van der Waals surface area contributed by atoms with Gasteiger partial charge in [-0.25, -0.2) is 0 Å². The molecule has 0 aliphatic carbocycles. The Morgan fingerprint density at radius 1 is 0.528 bits per heavy atom. The summed E-state index contributed by atoms with van der Waals surface area (Å²) in [4.78, 5) is 19.7. The molecule has 2 nitrogen and oxygen atoms in total. The predicted octanol–water partition coefficient (Wildman–Crippen LogP) is 10.5. The first-order chi connectivity index (χ1) is 17.7. The van der Waals surface area contributed by atoms with E-state index in [0.717, 1.165) is 11.4 Å². The fourth-order valence-electron chi connectivity index (χ4n) is 3.81. The Kier molecular flexibility index (Phi) is 7.15. The molecule has 8 heteroatoms. The van der Waals surface area contributed by atoms with Crippen LogP contribution in [-0.2, 0) is 0 Å². The van der Waals surface area contributed by atoms with Crippen LogP contribution in [0.2, 0.25) is 0 Å². The van der Waals surface area contributed by atoms with Crippen LogP contribution in [0, 0.1) is 0 Å². The number of pyridine rings is 2. The van der Waals surface area contributed by atoms with E-state index in [9.17, 15) is 0 Å². The number of hydrogen-bond donors (Lipinski definition) is 0. The van der Waals surface area contributed by atoms with Crippen LogP contribution < -0.4 is 0 Å². The van der Waals surface area contributed by atoms with Gasteiger partial charge in [0.1, 0.15) is 0 Å². The first kappa shape index (κ1) is 24.2. The molecule has 6 aromatic rings. The minimum absolute atomic E-state index is 0.893. The minimum Gasteiger partial charge on any atom is -0.255 e. The molecule has 178 valence electrons. The summed E-state index contributed by atoms with van der Waals surface area (Å²) in [5.41, 5.74) is 4.13. The van der Waals surface area contributed by atoms with Crippen molar-refractivity contribution in [2.45, 2.75) is 9.79 Å². The zero-order valence-electron chi connectivity index (χ0n) is 19.4. The number of aromatic nitrogens is 2. The van der Waals surface area contributed by atoms with Crippen molar-refractivity contribution >= 4 is 68.9 Å². The zero-order valence-corrected chi connectivity index (χ0v) is 24.3. The molecule has 0 aromatic carbocycles. The van der Waals surface area contributed by atoms with Gasteiger partial charge in [-0.3, -0.25) is 9.97 Å². The monoisotopic (exact) mass is 576 g/mol. The normalized spacial score (nSPS) is 11.3. The molecule has 0 atom stereocenters. The molecule has 6 aromatic heterocycles. The van der Waals surface area contributed by atoms with Gasteiger partial charge >= 0.3 is 0 Å². The van der Waals surface area contributed by atoms with E-state index < -0.39 is 0 Å². The molecule has 0 saturated carbocycles. The van der Waals surface area contributed by atoms with Crippen LogP contribution >= 0.6 is 68.9 Å². The summed E-state index contributed by atoms with van der Waals surface area (Å²) in [6.07, 6.45) is 8.02. The highest BCUT2D eigenvalue weighted by Gasteiger charge is 2.12. The van der Waals surface area contributed by atoms with Gasteiger partial charge in [-0.2, -0.15) is 0 Å². The lowest BCUT2D eigenvalue weighted by Gasteiger charge is -2.05. The Morgan fingerprint density at radius 2 is 0.972 bits per heavy atom. The third kappa shape index (κ3) is 4.98. The molecular formula is C28H20N2S6. The van der Waals surface area contributed by atoms with E-state index in [2.05, 4.69) is 93.9 Å². The Bertz CT molecular complexity index is 1510. The third-order valence-electron chi connectivity index (χ3n) is 5.67. The Morgan fingerprint density at radius 3 is 1.39 bits per heavy atom. The fraction of sp³-hybridized carbons (Fsp3) is 0.0714. The smallest absolute Gasteiger partial charge is 0.0892 e. The number of rotatable bonds is 7. The summed E-state index contributed by atoms with van der Waals surface area (Å²) in [6.45, 7) is 0. The lowest BCUT2D eigenvalue weighted by Crippen LogP contribution is -1.88. The third-order valence-corrected chi connectivity index (χ3v) is 11.9. The van der Waals surface area contributed by atoms with Crippen molar-refractivity contribution in [3.05, 3.63) is 83.8 Å². The largest absolute Gasteiger partial charge is 0.255 e. The van der Waals surface area contributed by atoms with Crippen molar-refractivity contribution in [2.75, 3.05) is 12.5 Å². The van der Waals surface area contributed by atoms with Gasteiger partial charge in [0.15, 0.2) is 0 Å². The van der Waals surface area contributed by atoms with Crippen LogP contribution in [0.15, 0.2) is 93.6 Å². The van der Waals surface area contributed by atoms with E-state index in [1.54, 1.807) is 46.2 Å². The molecular weight excluding hydrogens is 557 g/mol. The fourth-order valence-corrected chi connectivity index (χ4v) is 9.23. The molecule has 0 aliphatic rings. The van der Waals surface area contributed by atoms with E-state index >= 15 is 0 Å². The van der Waals surface area contributed by atoms with Crippen molar-refractivity contribution < 1.29 is 0 Å². The van der Waals surface area contributed by atoms with Gasteiger partial charge in [-0.1, -0.05) is 0 Å². The Labute approximate surface area is 235 Å². The van der Waals surface area contributed by atoms with Gasteiger partial charge in [0.25, 0.3) is 0 Å². The molecule has 0 bridgehead atoms. The first-order valence-corrected chi connectivity index (χ1v) is 16.9. The predicted molar refractivity (Wildman–Crippen MR) is 164 cm³/mol. The van der Waals surface area contributed by atoms with Crippen LogP contribution in [-0.4, -0.2) is 22.5 Å². The zero-order chi connectivity index (χ0) is 24.5. The van der Waals surface area contributed by atoms with Crippen LogP contribution in [0.5, 0.6) is 0 Å². The maximum Gasteiger partial charge on any atom is 0.0892 e. The Hall–Kier alpha value is -2.20. The molecule has 0 saturated heterocycles. The number of thiophene rings is 4. The van der Waals surface area contributed by atoms with E-state index in [0.29, 0.717) is 0 Å². The second-order valence-corrected chi connectivity index (χ2v) is 13.6. The summed E-state index contributed by atoms with van der Waals surface area (Å²) in [7, 11) is 0. The molecule has 0 fully saturated rings. The van der Waals surface area contributed by atoms with Gasteiger partial charge in [0, 0.05) is 62.2 Å². The second-order valence-electron chi connectivity index (χ2n) is 7.89. The highest BCUT2D eigenvalue weighted by molar-refractivity contribution is 7.99. The minimum atomic E-state index is 0.893. The molecule has 0 unspecified atom stereocenters. The van der Waals surface area contributed by atoms with Crippen LogP contribution in [0.25, 0.3) is 51.8 Å². The highest BCUT2D eigenvalue weighted by atomic mass is 32.2. The second kappa shape index (κ2) is 10.7. The average molecular weight is 577 g/mol. The van der Waals surface area contributed by atoms with Crippen LogP contribution in [0.3, 0.4) is 0 Å². The molecule has 6 heterocycles. The molecule has 0 N–H and O–H groups in total. The number of hydrogen-bond acceptors (Lipinski definition) is 8. The molecule has 6 rings (SSSR count). The summed E-state index contributed by atoms with van der Waals surface area (Å²) in [5.74, 6) is 0. The number of thioether (sulfide) groups is 2. The summed E-state index contributed by atoms with van der Waals surface area (Å²) in [5, 5.41) is 4.45. The first-order valence-electron chi connectivity index (χ1n) is 11.1. The topological polar surface area (TPSA) is 25.8 Å². The molecule has 0 aliphatic heterocycles. The summed E-state index contributed by atoms with van der Waals surface area (Å²) >= 11 is 10.8. The van der Waals surface area contributed by atoms with Crippen LogP contribution in [0.4, 0.5) is 0 Å². The van der Waals surface area contributed by atoms with E-state index in [-0.39, 0.29) is 0 Å². The standard InChI is InChI=1S/C28H20N2S6/c1-31-19-13-27(33-15-19)25-5-3-23(35-25)17-7-9-29-21(11-17)22-12-18(8-10-30-22)24-4-6-26(36-24)28-14-20(32-2)16-34-28/h3-16H,1-2H3. The summed E-state index contributed by atoms with van der Waals surface area (Å²) in [6, 6.07) is 21.9. The van der Waals surface area contributed by atoms with Crippen molar-refractivity contribution in [3.8, 4) is 51.8 Å². The SMILES string of the molecule is CSc1csc(-c2ccc(-c3ccnc(-c4cc(-c5ccc(-c6cc(SC)cs6)s5)ccn4)c3)s2)c1. The molecule has 0 amide bonds. The van der Waals surface area contributed by atoms with Gasteiger partial charge in [-0.15, -0.1) is 68.9 Å². The lowest BCUT2D eigenvalue weighted by molar-refractivity contribution is 1.25. The average Bonchev–Trinajstić information content (AvgIpc) is 3.74. The highest BCUT2D eigenvalue weighted by Crippen LogP contribution is 2.41. The lowest BCUT2D eigenvalue weighted by atomic mass is 10.1. The van der Waals surface area contributed by atoms with Gasteiger partial charge in [0.2, 0.25) is 0 Å². The van der Waals surface area contributed by atoms with Crippen molar-refractivity contribution in [2.24, 2.45) is 0 Å². The molecule has 0 spiro atoms. The number of nitrogens with zero attached hydrogens (tertiary/aromatic N) is 2. The van der Waals surface area contributed by atoms with E-state index in [4.69, 9.17) is 0 Å². The summed E-state index contributed by atoms with van der Waals surface area (Å²) < 4.78 is 0. The van der Waals surface area contributed by atoms with Crippen molar-refractivity contribution in [3.63, 3.8) is 0 Å².